The van der Waals surface area contributed by atoms with Gasteiger partial charge in [-0.25, -0.2) is 4.39 Å². The molecular weight excluding hydrogens is 295 g/mol. The first-order chi connectivity index (χ1) is 11.0. The highest BCUT2D eigenvalue weighted by molar-refractivity contribution is 5.92. The minimum atomic E-state index is -0.326. The summed E-state index contributed by atoms with van der Waals surface area (Å²) in [6, 6.07) is 14.2. The van der Waals surface area contributed by atoms with Crippen molar-refractivity contribution in [1.82, 2.24) is 4.90 Å². The molecule has 0 saturated carbocycles. The molecule has 0 heterocycles. The van der Waals surface area contributed by atoms with E-state index >= 15 is 0 Å². The van der Waals surface area contributed by atoms with Crippen LogP contribution in [-0.4, -0.2) is 37.6 Å². The SMILES string of the molecule is Cc1ccc(NC(=O)CN(C)CCOc2ccccc2)cc1F. The zero-order chi connectivity index (χ0) is 16.7. The predicted molar refractivity (Wildman–Crippen MR) is 89.2 cm³/mol. The van der Waals surface area contributed by atoms with Crippen LogP contribution in [0.5, 0.6) is 5.75 Å². The molecule has 1 N–H and O–H groups in total. The quantitative estimate of drug-likeness (QED) is 0.853. The molecule has 0 atom stereocenters. The highest BCUT2D eigenvalue weighted by atomic mass is 19.1. The molecule has 0 radical (unpaired) electrons. The molecule has 2 aromatic rings. The van der Waals surface area contributed by atoms with Crippen molar-refractivity contribution >= 4 is 11.6 Å². The molecule has 0 spiro atoms. The average molecular weight is 316 g/mol. The summed E-state index contributed by atoms with van der Waals surface area (Å²) in [7, 11) is 1.84. The van der Waals surface area contributed by atoms with Crippen LogP contribution in [0.4, 0.5) is 10.1 Å². The summed E-state index contributed by atoms with van der Waals surface area (Å²) in [5.74, 6) is 0.295. The van der Waals surface area contributed by atoms with Crippen LogP contribution in [0.3, 0.4) is 0 Å². The number of nitrogens with one attached hydrogen (secondary N) is 1. The summed E-state index contributed by atoms with van der Waals surface area (Å²) in [4.78, 5) is 13.8. The minimum absolute atomic E-state index is 0.185. The summed E-state index contributed by atoms with van der Waals surface area (Å²) < 4.78 is 19.0. The lowest BCUT2D eigenvalue weighted by molar-refractivity contribution is -0.117. The molecule has 5 heteroatoms. The molecule has 0 aliphatic heterocycles. The number of hydrogen-bond donors (Lipinski definition) is 1. The third kappa shape index (κ3) is 5.71. The fourth-order valence-electron chi connectivity index (χ4n) is 2.03. The van der Waals surface area contributed by atoms with Crippen molar-refractivity contribution in [3.63, 3.8) is 0 Å². The van der Waals surface area contributed by atoms with Crippen molar-refractivity contribution in [3.8, 4) is 5.75 Å². The highest BCUT2D eigenvalue weighted by Gasteiger charge is 2.08. The molecule has 0 unspecified atom stereocenters. The Labute approximate surface area is 135 Å². The van der Waals surface area contributed by atoms with Crippen molar-refractivity contribution in [1.29, 1.82) is 0 Å². The number of carbonyl (C=O) groups is 1. The molecule has 4 nitrogen and oxygen atoms in total. The van der Waals surface area contributed by atoms with Gasteiger partial charge in [0.2, 0.25) is 5.91 Å². The Balaban J connectivity index is 1.72. The molecule has 0 aliphatic rings. The van der Waals surface area contributed by atoms with E-state index in [1.54, 1.807) is 19.1 Å². The maximum absolute atomic E-state index is 13.4. The monoisotopic (exact) mass is 316 g/mol. The molecular formula is C18H21FN2O2. The van der Waals surface area contributed by atoms with Gasteiger partial charge in [0.25, 0.3) is 0 Å². The van der Waals surface area contributed by atoms with Gasteiger partial charge in [-0.05, 0) is 43.8 Å². The van der Waals surface area contributed by atoms with Gasteiger partial charge in [-0.3, -0.25) is 9.69 Å². The van der Waals surface area contributed by atoms with Gasteiger partial charge in [-0.15, -0.1) is 0 Å². The summed E-state index contributed by atoms with van der Waals surface area (Å²) in [6.07, 6.45) is 0. The number of carbonyl (C=O) groups excluding carboxylic acids is 1. The van der Waals surface area contributed by atoms with E-state index in [-0.39, 0.29) is 18.3 Å². The van der Waals surface area contributed by atoms with Crippen LogP contribution in [0.1, 0.15) is 5.56 Å². The fourth-order valence-corrected chi connectivity index (χ4v) is 2.03. The summed E-state index contributed by atoms with van der Waals surface area (Å²) >= 11 is 0. The normalized spacial score (nSPS) is 10.6. The van der Waals surface area contributed by atoms with E-state index < -0.39 is 0 Å². The van der Waals surface area contributed by atoms with Gasteiger partial charge in [0, 0.05) is 12.2 Å². The number of nitrogens with zero attached hydrogens (tertiary/aromatic N) is 1. The number of para-hydroxylation sites is 1. The van der Waals surface area contributed by atoms with Crippen LogP contribution in [0, 0.1) is 12.7 Å². The van der Waals surface area contributed by atoms with E-state index in [4.69, 9.17) is 4.74 Å². The lowest BCUT2D eigenvalue weighted by Crippen LogP contribution is -2.33. The van der Waals surface area contributed by atoms with E-state index in [2.05, 4.69) is 5.32 Å². The van der Waals surface area contributed by atoms with Crippen LogP contribution >= 0.6 is 0 Å². The number of aryl methyl sites for hydroxylation is 1. The first-order valence-corrected chi connectivity index (χ1v) is 7.47. The molecule has 0 bridgehead atoms. The topological polar surface area (TPSA) is 41.6 Å². The minimum Gasteiger partial charge on any atom is -0.492 e. The Morgan fingerprint density at radius 1 is 1.22 bits per heavy atom. The van der Waals surface area contributed by atoms with Crippen molar-refractivity contribution in [3.05, 3.63) is 59.9 Å². The Morgan fingerprint density at radius 3 is 2.65 bits per heavy atom. The summed E-state index contributed by atoms with van der Waals surface area (Å²) in [5, 5.41) is 2.69. The largest absolute Gasteiger partial charge is 0.492 e. The first-order valence-electron chi connectivity index (χ1n) is 7.47. The number of hydrogen-bond acceptors (Lipinski definition) is 3. The van der Waals surface area contributed by atoms with E-state index in [1.807, 2.05) is 42.3 Å². The fraction of sp³-hybridized carbons (Fsp3) is 0.278. The van der Waals surface area contributed by atoms with E-state index in [1.165, 1.54) is 6.07 Å². The van der Waals surface area contributed by atoms with E-state index in [9.17, 15) is 9.18 Å². The molecule has 122 valence electrons. The second kappa shape index (κ2) is 8.29. The van der Waals surface area contributed by atoms with E-state index in [0.717, 1.165) is 5.75 Å². The van der Waals surface area contributed by atoms with Crippen molar-refractivity contribution in [2.75, 3.05) is 32.1 Å². The van der Waals surface area contributed by atoms with E-state index in [0.29, 0.717) is 24.4 Å². The van der Waals surface area contributed by atoms with Crippen molar-refractivity contribution in [2.24, 2.45) is 0 Å². The highest BCUT2D eigenvalue weighted by Crippen LogP contribution is 2.13. The Bertz CT molecular complexity index is 647. The second-order valence-corrected chi connectivity index (χ2v) is 5.41. The third-order valence-electron chi connectivity index (χ3n) is 3.35. The van der Waals surface area contributed by atoms with Crippen LogP contribution in [0.2, 0.25) is 0 Å². The van der Waals surface area contributed by atoms with Gasteiger partial charge in [-0.2, -0.15) is 0 Å². The number of anilines is 1. The van der Waals surface area contributed by atoms with Crippen molar-refractivity contribution in [2.45, 2.75) is 6.92 Å². The van der Waals surface area contributed by atoms with Gasteiger partial charge in [-0.1, -0.05) is 24.3 Å². The van der Waals surface area contributed by atoms with Crippen molar-refractivity contribution < 1.29 is 13.9 Å². The number of amides is 1. The second-order valence-electron chi connectivity index (χ2n) is 5.41. The van der Waals surface area contributed by atoms with Gasteiger partial charge in [0.05, 0.1) is 6.54 Å². The number of ether oxygens (including phenoxy) is 1. The van der Waals surface area contributed by atoms with Crippen LogP contribution in [0.15, 0.2) is 48.5 Å². The number of halogens is 1. The van der Waals surface area contributed by atoms with Crippen LogP contribution in [-0.2, 0) is 4.79 Å². The Morgan fingerprint density at radius 2 is 1.96 bits per heavy atom. The van der Waals surface area contributed by atoms with Gasteiger partial charge < -0.3 is 10.1 Å². The summed E-state index contributed by atoms with van der Waals surface area (Å²) in [6.45, 7) is 3.01. The molecule has 0 aliphatic carbocycles. The number of likely N-dealkylation sites (N-methyl/N-ethyl adjacent to an activating group) is 1. The molecule has 0 saturated heterocycles. The number of rotatable bonds is 7. The van der Waals surface area contributed by atoms with Crippen LogP contribution in [0.25, 0.3) is 0 Å². The zero-order valence-electron chi connectivity index (χ0n) is 13.4. The first kappa shape index (κ1) is 17.0. The van der Waals surface area contributed by atoms with Gasteiger partial charge in [0.15, 0.2) is 0 Å². The lowest BCUT2D eigenvalue weighted by Gasteiger charge is -2.16. The zero-order valence-corrected chi connectivity index (χ0v) is 13.4. The maximum Gasteiger partial charge on any atom is 0.238 e. The van der Waals surface area contributed by atoms with Crippen LogP contribution < -0.4 is 10.1 Å². The Hall–Kier alpha value is -2.40. The average Bonchev–Trinajstić information content (AvgIpc) is 2.52. The lowest BCUT2D eigenvalue weighted by atomic mass is 10.2. The van der Waals surface area contributed by atoms with Gasteiger partial charge >= 0.3 is 0 Å². The molecule has 2 rings (SSSR count). The third-order valence-corrected chi connectivity index (χ3v) is 3.35. The molecule has 1 amide bonds. The standard InChI is InChI=1S/C18H21FN2O2/c1-14-8-9-15(12-17(14)19)20-18(22)13-21(2)10-11-23-16-6-4-3-5-7-16/h3-9,12H,10-11,13H2,1-2H3,(H,20,22). The molecule has 23 heavy (non-hydrogen) atoms. The molecule has 0 fully saturated rings. The summed E-state index contributed by atoms with van der Waals surface area (Å²) in [5.41, 5.74) is 1.02. The molecule has 2 aromatic carbocycles. The number of benzene rings is 2. The molecule has 0 aromatic heterocycles. The smallest absolute Gasteiger partial charge is 0.238 e. The van der Waals surface area contributed by atoms with Gasteiger partial charge in [0.1, 0.15) is 18.2 Å². The predicted octanol–water partition coefficient (Wildman–Crippen LogP) is 3.08. The Kier molecular flexibility index (Phi) is 6.11. The maximum atomic E-state index is 13.4.